The molecule has 0 aromatic carbocycles. The summed E-state index contributed by atoms with van der Waals surface area (Å²) >= 11 is 0. The average molecular weight is 387 g/mol. The number of ether oxygens (including phenoxy) is 2. The Morgan fingerprint density at radius 3 is 2.04 bits per heavy atom. The largest absolute Gasteiger partial charge is 0.479 e. The number of carbonyl (C=O) groups excluding carboxylic acids is 1. The summed E-state index contributed by atoms with van der Waals surface area (Å²) in [5.74, 6) is -1.29. The van der Waals surface area contributed by atoms with Crippen molar-refractivity contribution in [1.29, 1.82) is 0 Å². The normalized spacial score (nSPS) is 33.4. The lowest BCUT2D eigenvalue weighted by Gasteiger charge is -2.32. The van der Waals surface area contributed by atoms with Gasteiger partial charge < -0.3 is 51.3 Å². The zero-order chi connectivity index (χ0) is 18.3. The second kappa shape index (κ2) is 12.9. The Morgan fingerprint density at radius 2 is 1.62 bits per heavy atom. The van der Waals surface area contributed by atoms with E-state index in [0.717, 1.165) is 0 Å². The molecule has 2 rings (SSSR count). The molecule has 0 bridgehead atoms. The smallest absolute Gasteiger partial charge is 0.332 e. The van der Waals surface area contributed by atoms with E-state index in [9.17, 15) is 14.7 Å². The molecule has 0 saturated carbocycles. The second-order valence-electron chi connectivity index (χ2n) is 5.78. The van der Waals surface area contributed by atoms with Crippen LogP contribution >= 0.6 is 0 Å². The highest BCUT2D eigenvalue weighted by molar-refractivity contribution is 5.73. The molecule has 0 aromatic heterocycles. The highest BCUT2D eigenvalue weighted by atomic mass is 16.5. The molecule has 2 aliphatic heterocycles. The molecule has 2 heterocycles. The van der Waals surface area contributed by atoms with Crippen LogP contribution in [0.25, 0.3) is 0 Å². The minimum Gasteiger partial charge on any atom is -0.479 e. The summed E-state index contributed by atoms with van der Waals surface area (Å²) in [5.41, 5.74) is 0. The fourth-order valence-electron chi connectivity index (χ4n) is 2.32. The van der Waals surface area contributed by atoms with Gasteiger partial charge >= 0.3 is 5.97 Å². The number of nitrogens with one attached hydrogen (secondary N) is 1. The number of aliphatic hydroxyl groups excluding tert-OH is 4. The minimum absolute atomic E-state index is 0. The van der Waals surface area contributed by atoms with E-state index in [1.165, 1.54) is 6.92 Å². The molecule has 12 nitrogen and oxygen atoms in total. The van der Waals surface area contributed by atoms with Crippen LogP contribution in [0.15, 0.2) is 0 Å². The van der Waals surface area contributed by atoms with Gasteiger partial charge in [0.05, 0.1) is 44.2 Å². The van der Waals surface area contributed by atoms with Gasteiger partial charge in [0.2, 0.25) is 5.91 Å². The number of aliphatic hydroxyl groups is 4. The summed E-state index contributed by atoms with van der Waals surface area (Å²) < 4.78 is 9.90. The molecule has 6 unspecified atom stereocenters. The third kappa shape index (κ3) is 8.82. The first-order valence-corrected chi connectivity index (χ1v) is 7.62. The van der Waals surface area contributed by atoms with Crippen LogP contribution in [0.1, 0.15) is 19.8 Å². The maximum absolute atomic E-state index is 10.7. The van der Waals surface area contributed by atoms with Crippen molar-refractivity contribution >= 4 is 11.9 Å². The van der Waals surface area contributed by atoms with Crippen molar-refractivity contribution in [1.82, 2.24) is 5.32 Å². The molecule has 26 heavy (non-hydrogen) atoms. The third-order valence-corrected chi connectivity index (χ3v) is 3.72. The Balaban J connectivity index is 0. The van der Waals surface area contributed by atoms with E-state index in [1.54, 1.807) is 0 Å². The molecule has 2 aliphatic rings. The van der Waals surface area contributed by atoms with Gasteiger partial charge in [0.25, 0.3) is 0 Å². The molecule has 0 radical (unpaired) electrons. The maximum Gasteiger partial charge on any atom is 0.332 e. The molecular formula is C14H29NO11. The first-order valence-electron chi connectivity index (χ1n) is 7.62. The van der Waals surface area contributed by atoms with Crippen LogP contribution in [0.4, 0.5) is 0 Å². The van der Waals surface area contributed by atoms with Crippen molar-refractivity contribution in [3.05, 3.63) is 0 Å². The van der Waals surface area contributed by atoms with Gasteiger partial charge in [-0.2, -0.15) is 0 Å². The number of hydrogen-bond donors (Lipinski definition) is 6. The second-order valence-corrected chi connectivity index (χ2v) is 5.78. The van der Waals surface area contributed by atoms with Gasteiger partial charge in [0.15, 0.2) is 6.10 Å². The Morgan fingerprint density at radius 1 is 1.00 bits per heavy atom. The molecule has 156 valence electrons. The topological polar surface area (TPSA) is 229 Å². The lowest BCUT2D eigenvalue weighted by molar-refractivity contribution is -0.168. The Bertz CT molecular complexity index is 422. The van der Waals surface area contributed by atoms with Crippen LogP contribution in [-0.2, 0) is 19.1 Å². The van der Waals surface area contributed by atoms with Gasteiger partial charge in [0, 0.05) is 19.8 Å². The SMILES string of the molecule is CC(=O)NC1COC(CO)CC1O.O.O.O=C(O)C1CC(O)C(O)CO1. The number of hydrogen-bond acceptors (Lipinski definition) is 8. The van der Waals surface area contributed by atoms with E-state index < -0.39 is 30.4 Å². The van der Waals surface area contributed by atoms with Crippen molar-refractivity contribution in [2.75, 3.05) is 19.8 Å². The molecule has 0 aromatic rings. The van der Waals surface area contributed by atoms with Gasteiger partial charge in [-0.1, -0.05) is 0 Å². The monoisotopic (exact) mass is 387 g/mol. The summed E-state index contributed by atoms with van der Waals surface area (Å²) in [6.07, 6.45) is -3.53. The van der Waals surface area contributed by atoms with Crippen LogP contribution < -0.4 is 5.32 Å². The summed E-state index contributed by atoms with van der Waals surface area (Å²) in [7, 11) is 0. The molecule has 2 fully saturated rings. The first-order chi connectivity index (χ1) is 11.2. The summed E-state index contributed by atoms with van der Waals surface area (Å²) in [6.45, 7) is 1.44. The molecule has 6 atom stereocenters. The van der Waals surface area contributed by atoms with Gasteiger partial charge in [-0.15, -0.1) is 0 Å². The maximum atomic E-state index is 10.7. The van der Waals surface area contributed by atoms with E-state index in [0.29, 0.717) is 6.42 Å². The number of rotatable bonds is 3. The standard InChI is InChI=1S/C8H15NO4.C6H10O5.2H2O/c1-5(11)9-7-4-13-6(3-10)2-8(7)12;7-3-1-5(6(9)10)11-2-4(3)8;;/h6-8,10,12H,2-4H2,1H3,(H,9,11);3-5,7-8H,1-2H2,(H,9,10);2*1H2. The van der Waals surface area contributed by atoms with E-state index in [2.05, 4.69) is 5.32 Å². The Labute approximate surface area is 150 Å². The molecule has 0 spiro atoms. The van der Waals surface area contributed by atoms with Crippen molar-refractivity contribution in [3.8, 4) is 0 Å². The van der Waals surface area contributed by atoms with Crippen molar-refractivity contribution < 1.29 is 55.5 Å². The minimum atomic E-state index is -1.10. The zero-order valence-corrected chi connectivity index (χ0v) is 14.4. The Kier molecular flexibility index (Phi) is 13.3. The highest BCUT2D eigenvalue weighted by Gasteiger charge is 2.32. The highest BCUT2D eigenvalue weighted by Crippen LogP contribution is 2.14. The molecule has 2 saturated heterocycles. The third-order valence-electron chi connectivity index (χ3n) is 3.72. The number of carboxylic acid groups (broad SMARTS) is 1. The van der Waals surface area contributed by atoms with Gasteiger partial charge in [0.1, 0.15) is 6.10 Å². The van der Waals surface area contributed by atoms with Crippen LogP contribution in [-0.4, -0.2) is 105 Å². The summed E-state index contributed by atoms with van der Waals surface area (Å²) in [4.78, 5) is 21.0. The van der Waals surface area contributed by atoms with E-state index in [-0.39, 0.29) is 55.2 Å². The van der Waals surface area contributed by atoms with Gasteiger partial charge in [-0.3, -0.25) is 4.79 Å². The van der Waals surface area contributed by atoms with Gasteiger partial charge in [-0.25, -0.2) is 4.79 Å². The summed E-state index contributed by atoms with van der Waals surface area (Å²) in [5, 5.41) is 47.2. The van der Waals surface area contributed by atoms with Gasteiger partial charge in [-0.05, 0) is 0 Å². The van der Waals surface area contributed by atoms with Crippen LogP contribution in [0, 0.1) is 0 Å². The van der Waals surface area contributed by atoms with E-state index in [1.807, 2.05) is 0 Å². The quantitative estimate of drug-likeness (QED) is 0.274. The lowest BCUT2D eigenvalue weighted by atomic mass is 10.0. The lowest BCUT2D eigenvalue weighted by Crippen LogP contribution is -2.51. The van der Waals surface area contributed by atoms with Crippen LogP contribution in [0.3, 0.4) is 0 Å². The molecule has 0 aliphatic carbocycles. The van der Waals surface area contributed by atoms with E-state index >= 15 is 0 Å². The number of carboxylic acids is 1. The van der Waals surface area contributed by atoms with E-state index in [4.69, 9.17) is 29.9 Å². The molecule has 1 amide bonds. The number of aliphatic carboxylic acids is 1. The number of amides is 1. The Hall–Kier alpha value is -1.38. The van der Waals surface area contributed by atoms with Crippen molar-refractivity contribution in [2.24, 2.45) is 0 Å². The fraction of sp³-hybridized carbons (Fsp3) is 0.857. The van der Waals surface area contributed by atoms with Crippen molar-refractivity contribution in [2.45, 2.75) is 56.3 Å². The molecule has 10 N–H and O–H groups in total. The zero-order valence-electron chi connectivity index (χ0n) is 14.4. The molecular weight excluding hydrogens is 358 g/mol. The average Bonchev–Trinajstić information content (AvgIpc) is 2.52. The fourth-order valence-corrected chi connectivity index (χ4v) is 2.32. The predicted octanol–water partition coefficient (Wildman–Crippen LogP) is -4.43. The van der Waals surface area contributed by atoms with Crippen molar-refractivity contribution in [3.63, 3.8) is 0 Å². The van der Waals surface area contributed by atoms with Crippen LogP contribution in [0.2, 0.25) is 0 Å². The summed E-state index contributed by atoms with van der Waals surface area (Å²) in [6, 6.07) is -0.347. The predicted molar refractivity (Wildman–Crippen MR) is 86.3 cm³/mol. The van der Waals surface area contributed by atoms with Crippen LogP contribution in [0.5, 0.6) is 0 Å². The first kappa shape index (κ1) is 26.8. The molecule has 12 heteroatoms. The number of carbonyl (C=O) groups is 2.